The molecule has 7 fully saturated rings. The van der Waals surface area contributed by atoms with Crippen molar-refractivity contribution in [2.24, 2.45) is 28.1 Å². The van der Waals surface area contributed by atoms with E-state index in [4.69, 9.17) is 4.74 Å². The highest BCUT2D eigenvalue weighted by atomic mass is 19.3. The Labute approximate surface area is 178 Å². The lowest BCUT2D eigenvalue weighted by atomic mass is 9.37. The molecular weight excluding hydrogens is 389 g/mol. The first-order valence-corrected chi connectivity index (χ1v) is 12.3. The first kappa shape index (κ1) is 21.1. The summed E-state index contributed by atoms with van der Waals surface area (Å²) in [6, 6.07) is 0. The van der Waals surface area contributed by atoms with Crippen molar-refractivity contribution in [3.05, 3.63) is 0 Å². The molecule has 0 N–H and O–H groups in total. The van der Waals surface area contributed by atoms with Crippen LogP contribution in [-0.4, -0.2) is 23.7 Å². The Bertz CT molecular complexity index is 677. The molecule has 170 valence electrons. The normalized spacial score (nSPS) is 52.2. The second kappa shape index (κ2) is 6.63. The van der Waals surface area contributed by atoms with E-state index in [0.717, 1.165) is 50.4 Å². The molecular formula is C25H37F3O2. The summed E-state index contributed by atoms with van der Waals surface area (Å²) in [5.41, 5.74) is -2.95. The van der Waals surface area contributed by atoms with Gasteiger partial charge in [-0.15, -0.1) is 0 Å². The summed E-state index contributed by atoms with van der Waals surface area (Å²) in [7, 11) is 0. The van der Waals surface area contributed by atoms with Crippen molar-refractivity contribution < 1.29 is 22.7 Å². The Morgan fingerprint density at radius 2 is 1.37 bits per heavy atom. The van der Waals surface area contributed by atoms with Crippen molar-refractivity contribution in [3.63, 3.8) is 0 Å². The van der Waals surface area contributed by atoms with E-state index in [1.165, 1.54) is 32.6 Å². The predicted octanol–water partition coefficient (Wildman–Crippen LogP) is 7.00. The Morgan fingerprint density at radius 3 is 1.87 bits per heavy atom. The Morgan fingerprint density at radius 1 is 0.833 bits per heavy atom. The molecule has 7 saturated carbocycles. The van der Waals surface area contributed by atoms with E-state index in [0.29, 0.717) is 18.3 Å². The van der Waals surface area contributed by atoms with Gasteiger partial charge in [-0.3, -0.25) is 4.79 Å². The molecule has 0 spiro atoms. The quantitative estimate of drug-likeness (QED) is 0.454. The smallest absolute Gasteiger partial charge is 0.303 e. The standard InChI is InChI=1S/C25H37F3O2/c1-17-3-5-19(6-4-17)21-7-10-22(11-8-21,12-9-21)24-15-13-23(14-16-24,30-18(2)29)20(26)25(24,27)28/h17,19-20H,3-16H2,1-2H3. The number of hydrogen-bond acceptors (Lipinski definition) is 2. The summed E-state index contributed by atoms with van der Waals surface area (Å²) in [5, 5.41) is 0. The van der Waals surface area contributed by atoms with Gasteiger partial charge in [0.2, 0.25) is 6.17 Å². The molecule has 7 rings (SSSR count). The number of carbonyl (C=O) groups is 1. The largest absolute Gasteiger partial charge is 0.456 e. The molecule has 0 saturated heterocycles. The number of rotatable bonds is 3. The van der Waals surface area contributed by atoms with Crippen LogP contribution in [0.3, 0.4) is 0 Å². The van der Waals surface area contributed by atoms with Gasteiger partial charge in [-0.2, -0.15) is 0 Å². The summed E-state index contributed by atoms with van der Waals surface area (Å²) in [6.07, 6.45) is 9.58. The number of ether oxygens (including phenoxy) is 1. The summed E-state index contributed by atoms with van der Waals surface area (Å²) < 4.78 is 52.2. The fourth-order valence-corrected chi connectivity index (χ4v) is 9.00. The third-order valence-corrected chi connectivity index (χ3v) is 10.9. The Hall–Kier alpha value is -0.740. The van der Waals surface area contributed by atoms with Gasteiger partial charge in [0.25, 0.3) is 5.92 Å². The van der Waals surface area contributed by atoms with Gasteiger partial charge in [-0.25, -0.2) is 13.2 Å². The molecule has 2 nitrogen and oxygen atoms in total. The van der Waals surface area contributed by atoms with Crippen molar-refractivity contribution in [2.45, 2.75) is 121 Å². The molecule has 0 aromatic rings. The van der Waals surface area contributed by atoms with E-state index in [2.05, 4.69) is 6.92 Å². The van der Waals surface area contributed by atoms with E-state index >= 15 is 13.2 Å². The number of esters is 1. The van der Waals surface area contributed by atoms with Gasteiger partial charge in [-0.05, 0) is 99.7 Å². The molecule has 0 heterocycles. The number of halogens is 3. The second-order valence-electron chi connectivity index (χ2n) is 11.8. The van der Waals surface area contributed by atoms with Crippen molar-refractivity contribution in [1.29, 1.82) is 0 Å². The van der Waals surface area contributed by atoms with E-state index in [1.807, 2.05) is 0 Å². The lowest BCUT2D eigenvalue weighted by Gasteiger charge is -2.69. The van der Waals surface area contributed by atoms with Crippen LogP contribution in [0.25, 0.3) is 0 Å². The zero-order valence-corrected chi connectivity index (χ0v) is 18.6. The van der Waals surface area contributed by atoms with Crippen LogP contribution in [0, 0.1) is 28.1 Å². The first-order valence-electron chi connectivity index (χ1n) is 12.3. The highest BCUT2D eigenvalue weighted by molar-refractivity contribution is 5.66. The maximum Gasteiger partial charge on any atom is 0.303 e. The van der Waals surface area contributed by atoms with Crippen LogP contribution in [0.2, 0.25) is 0 Å². The monoisotopic (exact) mass is 426 g/mol. The molecule has 0 aromatic heterocycles. The zero-order chi connectivity index (χ0) is 21.4. The summed E-state index contributed by atoms with van der Waals surface area (Å²) in [5.74, 6) is -2.49. The second-order valence-corrected chi connectivity index (χ2v) is 11.8. The Kier molecular flexibility index (Phi) is 4.67. The molecule has 0 aliphatic heterocycles. The van der Waals surface area contributed by atoms with E-state index in [1.54, 1.807) is 0 Å². The Balaban J connectivity index is 1.39. The molecule has 30 heavy (non-hydrogen) atoms. The topological polar surface area (TPSA) is 26.3 Å². The lowest BCUT2D eigenvalue weighted by molar-refractivity contribution is -0.336. The van der Waals surface area contributed by atoms with Crippen LogP contribution in [0.15, 0.2) is 0 Å². The first-order chi connectivity index (χ1) is 14.1. The highest BCUT2D eigenvalue weighted by Crippen LogP contribution is 2.76. The molecule has 1 atom stereocenters. The molecule has 0 amide bonds. The van der Waals surface area contributed by atoms with Crippen molar-refractivity contribution in [1.82, 2.24) is 0 Å². The number of hydrogen-bond donors (Lipinski definition) is 0. The van der Waals surface area contributed by atoms with Crippen LogP contribution in [0.4, 0.5) is 13.2 Å². The minimum atomic E-state index is -3.42. The minimum absolute atomic E-state index is 0.247. The summed E-state index contributed by atoms with van der Waals surface area (Å²) in [4.78, 5) is 11.5. The van der Waals surface area contributed by atoms with Gasteiger partial charge < -0.3 is 4.74 Å². The minimum Gasteiger partial charge on any atom is -0.456 e. The third kappa shape index (κ3) is 2.59. The van der Waals surface area contributed by atoms with E-state index in [-0.39, 0.29) is 12.8 Å². The van der Waals surface area contributed by atoms with E-state index < -0.39 is 34.5 Å². The number of carbonyl (C=O) groups excluding carboxylic acids is 1. The van der Waals surface area contributed by atoms with Gasteiger partial charge in [0.15, 0.2) is 0 Å². The van der Waals surface area contributed by atoms with E-state index in [9.17, 15) is 4.79 Å². The van der Waals surface area contributed by atoms with Crippen LogP contribution < -0.4 is 0 Å². The molecule has 4 bridgehead atoms. The van der Waals surface area contributed by atoms with Crippen LogP contribution in [0.1, 0.15) is 104 Å². The molecule has 0 aromatic carbocycles. The maximum atomic E-state index is 15.8. The van der Waals surface area contributed by atoms with Crippen molar-refractivity contribution in [2.75, 3.05) is 0 Å². The number of fused-ring (bicyclic) bond motifs is 6. The lowest BCUT2D eigenvalue weighted by Crippen LogP contribution is -2.73. The highest BCUT2D eigenvalue weighted by Gasteiger charge is 2.79. The van der Waals surface area contributed by atoms with Gasteiger partial charge in [0.05, 0.1) is 0 Å². The van der Waals surface area contributed by atoms with Gasteiger partial charge in [0.1, 0.15) is 5.60 Å². The van der Waals surface area contributed by atoms with Gasteiger partial charge in [-0.1, -0.05) is 19.8 Å². The summed E-state index contributed by atoms with van der Waals surface area (Å²) >= 11 is 0. The molecule has 1 unspecified atom stereocenters. The van der Waals surface area contributed by atoms with Crippen LogP contribution in [0.5, 0.6) is 0 Å². The van der Waals surface area contributed by atoms with Gasteiger partial charge >= 0.3 is 5.97 Å². The average Bonchev–Trinajstić information content (AvgIpc) is 2.74. The third-order valence-electron chi connectivity index (χ3n) is 10.9. The fourth-order valence-electron chi connectivity index (χ4n) is 9.00. The SMILES string of the molecule is CC(=O)OC12CCC(C34CCC(C5CCC(C)CC5)(CC3)CC4)(CC1)C(F)(F)C2F. The molecule has 7 aliphatic carbocycles. The zero-order valence-electron chi connectivity index (χ0n) is 18.6. The molecule has 0 radical (unpaired) electrons. The molecule has 7 aliphatic rings. The predicted molar refractivity (Wildman–Crippen MR) is 109 cm³/mol. The van der Waals surface area contributed by atoms with Crippen LogP contribution >= 0.6 is 0 Å². The number of alkyl halides is 3. The van der Waals surface area contributed by atoms with Crippen LogP contribution in [-0.2, 0) is 9.53 Å². The summed E-state index contributed by atoms with van der Waals surface area (Å²) in [6.45, 7) is 3.54. The fraction of sp³-hybridized carbons (Fsp3) is 0.960. The van der Waals surface area contributed by atoms with Gasteiger partial charge in [0, 0.05) is 12.3 Å². The van der Waals surface area contributed by atoms with Crippen molar-refractivity contribution in [3.8, 4) is 0 Å². The average molecular weight is 427 g/mol. The maximum absolute atomic E-state index is 15.8. The van der Waals surface area contributed by atoms with Crippen molar-refractivity contribution >= 4 is 5.97 Å². The molecule has 5 heteroatoms.